The van der Waals surface area contributed by atoms with E-state index in [1.807, 2.05) is 103 Å². The van der Waals surface area contributed by atoms with E-state index in [1.54, 1.807) is 0 Å². The summed E-state index contributed by atoms with van der Waals surface area (Å²) in [6, 6.07) is 130. The molecule has 0 aliphatic rings. The summed E-state index contributed by atoms with van der Waals surface area (Å²) in [5, 5.41) is 13.2. The monoisotopic (exact) mass is 1430 g/mol. The Kier molecular flexibility index (Phi) is 20.3. The largest absolute Gasteiger partial charge is 0.569 e. The van der Waals surface area contributed by atoms with Gasteiger partial charge in [-0.2, -0.15) is 0 Å². The van der Waals surface area contributed by atoms with E-state index in [4.69, 9.17) is 18.5 Å². The van der Waals surface area contributed by atoms with Crippen LogP contribution in [0.1, 0.15) is 7.43 Å². The molecule has 487 valence electrons. The molecule has 17 aromatic rings. The number of fused-ring (bicyclic) bond motifs is 6. The first-order valence-corrected chi connectivity index (χ1v) is 34.5. The Morgan fingerprint density at radius 1 is 0.238 bits per heavy atom. The number of benzene rings is 15. The lowest BCUT2D eigenvalue weighted by molar-refractivity contribution is 0.454. The Morgan fingerprint density at radius 3 is 0.822 bits per heavy atom. The minimum absolute atomic E-state index is 0. The molecule has 0 fully saturated rings. The second kappa shape index (κ2) is 30.9. The van der Waals surface area contributed by atoms with Crippen molar-refractivity contribution < 1.29 is 18.5 Å². The molecular formula is C91H67BBr2N3O4. The topological polar surface area (TPSA) is 65.5 Å². The molecule has 101 heavy (non-hydrogen) atoms. The van der Waals surface area contributed by atoms with Crippen LogP contribution in [0.3, 0.4) is 0 Å². The number of para-hydroxylation sites is 8. The van der Waals surface area contributed by atoms with Gasteiger partial charge in [0.15, 0.2) is 0 Å². The standard InChI is InChI=1S/C54H38N2O.C18H15BNO2.C18H10Br2O.CH4/c1-5-15-45(16-6-1)55(46-17-7-2-8-18-46)49-30-25-39(26-31-49)42-35-43(37-44(36-42)41-29-34-54-52(38-41)51-23-13-14-24-53(51)57-54)40-27-32-50(33-28-40)56(47-19-9-3-10-20-47)48-21-11-4-12-22-48;21-19-22-18-13-11-17(12-14-18)20(15-7-3-1-4-8-15)16-9-5-2-6-10-16;19-13-7-12(8-14(20)10-13)11-5-6-18-16(9-11)15-3-1-2-4-17(15)21-18;/h1-38H;1-14,21H;1-10H;1H4. The maximum absolute atomic E-state index is 8.70. The predicted octanol–water partition coefficient (Wildman–Crippen LogP) is 27.0. The van der Waals surface area contributed by atoms with E-state index in [-0.39, 0.29) is 7.43 Å². The Labute approximate surface area is 606 Å². The van der Waals surface area contributed by atoms with E-state index >= 15 is 0 Å². The smallest absolute Gasteiger partial charge is 0.537 e. The number of rotatable bonds is 15. The van der Waals surface area contributed by atoms with Crippen molar-refractivity contribution in [1.82, 2.24) is 0 Å². The van der Waals surface area contributed by atoms with Crippen molar-refractivity contribution in [2.24, 2.45) is 0 Å². The number of anilines is 9. The summed E-state index contributed by atoms with van der Waals surface area (Å²) in [6.45, 7) is 0. The van der Waals surface area contributed by atoms with Crippen LogP contribution in [-0.2, 0) is 0 Å². The minimum Gasteiger partial charge on any atom is -0.537 e. The molecule has 0 bridgehead atoms. The van der Waals surface area contributed by atoms with Gasteiger partial charge in [-0.15, -0.1) is 0 Å². The average Bonchev–Trinajstić information content (AvgIpc) is 1.73. The summed E-state index contributed by atoms with van der Waals surface area (Å²) in [5.41, 5.74) is 22.7. The molecule has 7 nitrogen and oxygen atoms in total. The second-order valence-electron chi connectivity index (χ2n) is 23.9. The van der Waals surface area contributed by atoms with Gasteiger partial charge in [0.1, 0.15) is 28.1 Å². The van der Waals surface area contributed by atoms with Crippen LogP contribution < -0.4 is 19.4 Å². The van der Waals surface area contributed by atoms with Gasteiger partial charge in [0, 0.05) is 81.7 Å². The van der Waals surface area contributed by atoms with Crippen LogP contribution in [0.25, 0.3) is 88.4 Å². The number of halogens is 2. The van der Waals surface area contributed by atoms with Crippen molar-refractivity contribution >= 4 is 135 Å². The van der Waals surface area contributed by atoms with E-state index in [0.717, 1.165) is 137 Å². The fourth-order valence-electron chi connectivity index (χ4n) is 12.8. The Balaban J connectivity index is 0.000000160. The van der Waals surface area contributed by atoms with E-state index in [0.29, 0.717) is 13.4 Å². The fraction of sp³-hybridized carbons (Fsp3) is 0.0110. The van der Waals surface area contributed by atoms with E-state index in [9.17, 15) is 0 Å². The third kappa shape index (κ3) is 14.9. The number of hydrogen-bond acceptors (Lipinski definition) is 7. The fourth-order valence-corrected chi connectivity index (χ4v) is 14.1. The SMILES string of the molecule is Brc1cc(Br)cc(-c2ccc3oc4ccccc4c3c2)c1.C.O[B]Oc1ccc(N(c2ccccc2)c2ccccc2)cc1.c1ccc(N(c2ccccc2)c2ccc(-c3cc(-c4ccc(N(c5ccccc5)c5ccccc5)cc4)cc(-c4ccc5oc6ccccc6c5c4)c3)cc2)cc1. The predicted molar refractivity (Wildman–Crippen MR) is 430 cm³/mol. The molecule has 2 aromatic heterocycles. The van der Waals surface area contributed by atoms with Gasteiger partial charge in [-0.3, -0.25) is 0 Å². The van der Waals surface area contributed by atoms with Crippen molar-refractivity contribution in [2.75, 3.05) is 14.7 Å². The molecule has 1 radical (unpaired) electrons. The lowest BCUT2D eigenvalue weighted by Gasteiger charge is -2.25. The average molecular weight is 1440 g/mol. The highest BCUT2D eigenvalue weighted by atomic mass is 79.9. The van der Waals surface area contributed by atoms with Crippen LogP contribution in [0.15, 0.2) is 394 Å². The van der Waals surface area contributed by atoms with E-state index < -0.39 is 0 Å². The molecule has 0 aliphatic carbocycles. The molecule has 15 aromatic carbocycles. The summed E-state index contributed by atoms with van der Waals surface area (Å²) in [6.07, 6.45) is 0. The molecule has 0 aliphatic heterocycles. The highest BCUT2D eigenvalue weighted by Crippen LogP contribution is 2.43. The zero-order valence-corrected chi connectivity index (χ0v) is 57.3. The lowest BCUT2D eigenvalue weighted by atomic mass is 9.92. The number of nitrogens with zero attached hydrogens (tertiary/aromatic N) is 3. The Morgan fingerprint density at radius 2 is 0.495 bits per heavy atom. The van der Waals surface area contributed by atoms with Crippen molar-refractivity contribution in [1.29, 1.82) is 0 Å². The van der Waals surface area contributed by atoms with Crippen LogP contribution in [0.5, 0.6) is 5.75 Å². The van der Waals surface area contributed by atoms with Crippen molar-refractivity contribution in [3.8, 4) is 50.3 Å². The molecular weight excluding hydrogens is 1370 g/mol. The van der Waals surface area contributed by atoms with E-state index in [2.05, 4.69) is 320 Å². The Hall–Kier alpha value is -11.9. The molecule has 0 saturated heterocycles. The number of hydrogen-bond donors (Lipinski definition) is 1. The van der Waals surface area contributed by atoms with Crippen molar-refractivity contribution in [3.05, 3.63) is 385 Å². The van der Waals surface area contributed by atoms with Gasteiger partial charge in [0.2, 0.25) is 0 Å². The first-order valence-electron chi connectivity index (χ1n) is 32.9. The summed E-state index contributed by atoms with van der Waals surface area (Å²) in [4.78, 5) is 6.75. The molecule has 0 amide bonds. The van der Waals surface area contributed by atoms with Gasteiger partial charge in [-0.05, 0) is 239 Å². The van der Waals surface area contributed by atoms with Gasteiger partial charge >= 0.3 is 7.69 Å². The molecule has 10 heteroatoms. The maximum atomic E-state index is 8.70. The molecule has 0 atom stereocenters. The molecule has 2 heterocycles. The van der Waals surface area contributed by atoms with Crippen LogP contribution in [0, 0.1) is 0 Å². The first-order chi connectivity index (χ1) is 49.3. The zero-order valence-electron chi connectivity index (χ0n) is 54.1. The third-order valence-corrected chi connectivity index (χ3v) is 18.4. The molecule has 0 spiro atoms. The minimum atomic E-state index is 0. The van der Waals surface area contributed by atoms with Gasteiger partial charge in [0.25, 0.3) is 0 Å². The highest BCUT2D eigenvalue weighted by molar-refractivity contribution is 9.11. The van der Waals surface area contributed by atoms with Crippen molar-refractivity contribution in [3.63, 3.8) is 0 Å². The quantitative estimate of drug-likeness (QED) is 0.103. The summed E-state index contributed by atoms with van der Waals surface area (Å²) < 4.78 is 19.2. The van der Waals surface area contributed by atoms with Gasteiger partial charge in [-0.25, -0.2) is 0 Å². The highest BCUT2D eigenvalue weighted by Gasteiger charge is 2.18. The molecule has 0 saturated carbocycles. The summed E-state index contributed by atoms with van der Waals surface area (Å²) >= 11 is 7.09. The van der Waals surface area contributed by atoms with Crippen LogP contribution in [0.4, 0.5) is 51.2 Å². The van der Waals surface area contributed by atoms with Crippen LogP contribution in [0.2, 0.25) is 0 Å². The van der Waals surface area contributed by atoms with Crippen LogP contribution >= 0.6 is 31.9 Å². The maximum Gasteiger partial charge on any atom is 0.569 e. The first kappa shape index (κ1) is 66.3. The van der Waals surface area contributed by atoms with Crippen LogP contribution in [-0.4, -0.2) is 12.7 Å². The Bertz CT molecular complexity index is 5290. The summed E-state index contributed by atoms with van der Waals surface area (Å²) in [7, 11) is 0.682. The lowest BCUT2D eigenvalue weighted by Crippen LogP contribution is -2.09. The van der Waals surface area contributed by atoms with Gasteiger partial charge in [-0.1, -0.05) is 221 Å². The molecule has 1 N–H and O–H groups in total. The zero-order chi connectivity index (χ0) is 67.6. The second-order valence-corrected chi connectivity index (χ2v) is 25.7. The third-order valence-electron chi connectivity index (χ3n) is 17.5. The van der Waals surface area contributed by atoms with Gasteiger partial charge in [0.05, 0.1) is 0 Å². The van der Waals surface area contributed by atoms with E-state index in [1.165, 1.54) is 11.1 Å². The molecule has 0 unspecified atom stereocenters. The number of furan rings is 2. The molecule has 17 rings (SSSR count). The van der Waals surface area contributed by atoms with Crippen molar-refractivity contribution in [2.45, 2.75) is 7.43 Å². The summed E-state index contributed by atoms with van der Waals surface area (Å²) in [5.74, 6) is 0.590. The van der Waals surface area contributed by atoms with Gasteiger partial charge < -0.3 is 33.2 Å². The normalized spacial score (nSPS) is 10.8.